The van der Waals surface area contributed by atoms with E-state index in [9.17, 15) is 4.79 Å². The molecule has 0 aliphatic heterocycles. The number of nitrogens with one attached hydrogen (secondary N) is 1. The van der Waals surface area contributed by atoms with Gasteiger partial charge in [0.05, 0.1) is 22.8 Å². The molecule has 0 aliphatic rings. The van der Waals surface area contributed by atoms with E-state index >= 15 is 0 Å². The van der Waals surface area contributed by atoms with Crippen LogP contribution in [0.4, 0.5) is 0 Å². The highest BCUT2D eigenvalue weighted by atomic mass is 32.1. The van der Waals surface area contributed by atoms with Crippen molar-refractivity contribution in [3.05, 3.63) is 95.9 Å². The van der Waals surface area contributed by atoms with E-state index in [1.165, 1.54) is 0 Å². The van der Waals surface area contributed by atoms with Gasteiger partial charge in [-0.15, -0.1) is 11.3 Å². The number of fused-ring (bicyclic) bond motifs is 1. The van der Waals surface area contributed by atoms with Gasteiger partial charge in [0.1, 0.15) is 5.56 Å². The third-order valence-electron chi connectivity index (χ3n) is 5.04. The summed E-state index contributed by atoms with van der Waals surface area (Å²) in [6, 6.07) is 17.9. The average molecular weight is 414 g/mol. The number of benzene rings is 1. The van der Waals surface area contributed by atoms with Crippen molar-refractivity contribution in [2.45, 2.75) is 13.0 Å². The molecular formula is C23H19N5OS. The first-order chi connectivity index (χ1) is 14.7. The Morgan fingerprint density at radius 2 is 1.97 bits per heavy atom. The number of carbonyl (C=O) groups is 1. The third kappa shape index (κ3) is 3.29. The fourth-order valence-corrected chi connectivity index (χ4v) is 4.22. The van der Waals surface area contributed by atoms with E-state index in [0.29, 0.717) is 11.2 Å². The summed E-state index contributed by atoms with van der Waals surface area (Å²) >= 11 is 1.63. The second-order valence-electron chi connectivity index (χ2n) is 6.98. The highest BCUT2D eigenvalue weighted by Gasteiger charge is 2.19. The standard InChI is InChI=1S/C23H19N5OS/c1-16(17-6-4-7-18(14-17)27-11-2-3-12-27)26-23(29)19-15-25-28-20(9-10-24-22(19)28)21-8-5-13-30-21/h2-16H,1H3,(H,26,29). The van der Waals surface area contributed by atoms with Crippen LogP contribution in [0.2, 0.25) is 0 Å². The van der Waals surface area contributed by atoms with Gasteiger partial charge in [-0.05, 0) is 54.3 Å². The Balaban J connectivity index is 1.41. The molecular weight excluding hydrogens is 394 g/mol. The monoisotopic (exact) mass is 413 g/mol. The van der Waals surface area contributed by atoms with Crippen LogP contribution in [0.3, 0.4) is 0 Å². The number of aromatic nitrogens is 4. The first-order valence-electron chi connectivity index (χ1n) is 9.61. The van der Waals surface area contributed by atoms with Gasteiger partial charge in [0, 0.05) is 24.3 Å². The van der Waals surface area contributed by atoms with Crippen LogP contribution in [0.5, 0.6) is 0 Å². The Morgan fingerprint density at radius 3 is 2.77 bits per heavy atom. The minimum atomic E-state index is -0.195. The van der Waals surface area contributed by atoms with Gasteiger partial charge in [-0.25, -0.2) is 9.50 Å². The fraction of sp³-hybridized carbons (Fsp3) is 0.0870. The van der Waals surface area contributed by atoms with E-state index < -0.39 is 0 Å². The lowest BCUT2D eigenvalue weighted by Crippen LogP contribution is -2.26. The normalized spacial score (nSPS) is 12.2. The second kappa shape index (κ2) is 7.61. The largest absolute Gasteiger partial charge is 0.345 e. The Kier molecular flexibility index (Phi) is 4.65. The highest BCUT2D eigenvalue weighted by molar-refractivity contribution is 7.13. The molecule has 5 rings (SSSR count). The number of amides is 1. The maximum Gasteiger partial charge on any atom is 0.257 e. The van der Waals surface area contributed by atoms with Crippen LogP contribution in [-0.2, 0) is 0 Å². The van der Waals surface area contributed by atoms with E-state index in [2.05, 4.69) is 21.5 Å². The van der Waals surface area contributed by atoms with Gasteiger partial charge >= 0.3 is 0 Å². The second-order valence-corrected chi connectivity index (χ2v) is 7.93. The summed E-state index contributed by atoms with van der Waals surface area (Å²) in [4.78, 5) is 18.5. The zero-order valence-electron chi connectivity index (χ0n) is 16.3. The lowest BCUT2D eigenvalue weighted by Gasteiger charge is -2.15. The molecule has 1 atom stereocenters. The zero-order valence-corrected chi connectivity index (χ0v) is 17.1. The molecule has 1 aromatic carbocycles. The Hall–Kier alpha value is -3.71. The van der Waals surface area contributed by atoms with Gasteiger partial charge in [0.2, 0.25) is 0 Å². The smallest absolute Gasteiger partial charge is 0.257 e. The quantitative estimate of drug-likeness (QED) is 0.453. The zero-order chi connectivity index (χ0) is 20.5. The molecule has 0 bridgehead atoms. The molecule has 148 valence electrons. The lowest BCUT2D eigenvalue weighted by molar-refractivity contribution is 0.0941. The summed E-state index contributed by atoms with van der Waals surface area (Å²) < 4.78 is 3.76. The molecule has 0 saturated carbocycles. The van der Waals surface area contributed by atoms with E-state index in [1.54, 1.807) is 28.2 Å². The summed E-state index contributed by atoms with van der Waals surface area (Å²) in [6.07, 6.45) is 7.29. The predicted molar refractivity (Wildman–Crippen MR) is 118 cm³/mol. The van der Waals surface area contributed by atoms with Crippen LogP contribution in [-0.4, -0.2) is 25.1 Å². The van der Waals surface area contributed by atoms with E-state index in [-0.39, 0.29) is 11.9 Å². The number of hydrogen-bond donors (Lipinski definition) is 1. The van der Waals surface area contributed by atoms with E-state index in [0.717, 1.165) is 21.8 Å². The molecule has 5 aromatic rings. The van der Waals surface area contributed by atoms with Crippen LogP contribution in [0.1, 0.15) is 28.9 Å². The lowest BCUT2D eigenvalue weighted by atomic mass is 10.1. The SMILES string of the molecule is CC(NC(=O)c1cnn2c(-c3cccs3)ccnc12)c1cccc(-n2cccc2)c1. The molecule has 6 nitrogen and oxygen atoms in total. The van der Waals surface area contributed by atoms with Crippen molar-refractivity contribution in [2.75, 3.05) is 0 Å². The highest BCUT2D eigenvalue weighted by Crippen LogP contribution is 2.25. The maximum atomic E-state index is 13.0. The van der Waals surface area contributed by atoms with Gasteiger partial charge in [-0.2, -0.15) is 5.10 Å². The fourth-order valence-electron chi connectivity index (χ4n) is 3.48. The number of carbonyl (C=O) groups excluding carboxylic acids is 1. The third-order valence-corrected chi connectivity index (χ3v) is 5.93. The van der Waals surface area contributed by atoms with Crippen LogP contribution >= 0.6 is 11.3 Å². The Morgan fingerprint density at radius 1 is 1.10 bits per heavy atom. The number of rotatable bonds is 5. The van der Waals surface area contributed by atoms with E-state index in [1.807, 2.05) is 77.8 Å². The van der Waals surface area contributed by atoms with Crippen molar-refractivity contribution in [1.29, 1.82) is 0 Å². The first-order valence-corrected chi connectivity index (χ1v) is 10.5. The summed E-state index contributed by atoms with van der Waals surface area (Å²) in [6.45, 7) is 1.98. The summed E-state index contributed by atoms with van der Waals surface area (Å²) in [5.41, 5.74) is 4.00. The first kappa shape index (κ1) is 18.3. The van der Waals surface area contributed by atoms with Gasteiger partial charge in [-0.1, -0.05) is 18.2 Å². The topological polar surface area (TPSA) is 64.2 Å². The molecule has 7 heteroatoms. The molecule has 1 amide bonds. The predicted octanol–water partition coefficient (Wildman–Crippen LogP) is 4.74. The van der Waals surface area contributed by atoms with Crippen LogP contribution in [0, 0.1) is 0 Å². The molecule has 0 saturated heterocycles. The molecule has 30 heavy (non-hydrogen) atoms. The maximum absolute atomic E-state index is 13.0. The number of thiophene rings is 1. The molecule has 4 aromatic heterocycles. The molecule has 4 heterocycles. The minimum absolute atomic E-state index is 0.163. The molecule has 1 unspecified atom stereocenters. The molecule has 1 N–H and O–H groups in total. The van der Waals surface area contributed by atoms with Gasteiger partial charge < -0.3 is 9.88 Å². The summed E-state index contributed by atoms with van der Waals surface area (Å²) in [7, 11) is 0. The van der Waals surface area contributed by atoms with Crippen LogP contribution in [0.25, 0.3) is 21.9 Å². The molecule has 0 spiro atoms. The van der Waals surface area contributed by atoms with Gasteiger partial charge in [0.25, 0.3) is 5.91 Å². The summed E-state index contributed by atoms with van der Waals surface area (Å²) in [5.74, 6) is -0.195. The van der Waals surface area contributed by atoms with Crippen molar-refractivity contribution >= 4 is 22.9 Å². The average Bonchev–Trinajstić information content (AvgIpc) is 3.55. The number of hydrogen-bond acceptors (Lipinski definition) is 4. The van der Waals surface area contributed by atoms with Crippen molar-refractivity contribution in [1.82, 2.24) is 24.5 Å². The van der Waals surface area contributed by atoms with Gasteiger partial charge in [0.15, 0.2) is 5.65 Å². The molecule has 0 aliphatic carbocycles. The minimum Gasteiger partial charge on any atom is -0.345 e. The van der Waals surface area contributed by atoms with Crippen molar-refractivity contribution in [3.8, 4) is 16.3 Å². The van der Waals surface area contributed by atoms with Crippen molar-refractivity contribution in [2.24, 2.45) is 0 Å². The Bertz CT molecular complexity index is 1300. The molecule has 0 fully saturated rings. The molecule has 0 radical (unpaired) electrons. The number of nitrogens with zero attached hydrogens (tertiary/aromatic N) is 4. The van der Waals surface area contributed by atoms with Crippen molar-refractivity contribution in [3.63, 3.8) is 0 Å². The van der Waals surface area contributed by atoms with Crippen molar-refractivity contribution < 1.29 is 4.79 Å². The van der Waals surface area contributed by atoms with Gasteiger partial charge in [-0.3, -0.25) is 4.79 Å². The van der Waals surface area contributed by atoms with Crippen LogP contribution in [0.15, 0.2) is 84.8 Å². The van der Waals surface area contributed by atoms with Crippen LogP contribution < -0.4 is 5.32 Å². The Labute approximate surface area is 177 Å². The van der Waals surface area contributed by atoms with E-state index in [4.69, 9.17) is 0 Å². The summed E-state index contributed by atoms with van der Waals surface area (Å²) in [5, 5.41) is 9.51.